The van der Waals surface area contributed by atoms with Gasteiger partial charge in [-0.3, -0.25) is 0 Å². The van der Waals surface area contributed by atoms with Crippen LogP contribution in [0, 0.1) is 0 Å². The minimum atomic E-state index is 0.209. The number of nitrogens with one attached hydrogen (secondary N) is 1. The van der Waals surface area contributed by atoms with Crippen LogP contribution in [0.2, 0.25) is 0 Å². The van der Waals surface area contributed by atoms with E-state index in [0.29, 0.717) is 6.61 Å². The van der Waals surface area contributed by atoms with Crippen molar-refractivity contribution in [2.45, 2.75) is 26.3 Å². The van der Waals surface area contributed by atoms with Crippen molar-refractivity contribution in [3.05, 3.63) is 23.8 Å². The van der Waals surface area contributed by atoms with E-state index < -0.39 is 0 Å². The first kappa shape index (κ1) is 14.8. The molecule has 0 spiro atoms. The molecule has 2 N–H and O–H groups in total. The van der Waals surface area contributed by atoms with Crippen LogP contribution in [-0.4, -0.2) is 32.0 Å². The molecule has 102 valence electrons. The zero-order valence-corrected chi connectivity index (χ0v) is 11.2. The molecule has 1 aromatic carbocycles. The summed E-state index contributed by atoms with van der Waals surface area (Å²) in [7, 11) is 1.64. The summed E-state index contributed by atoms with van der Waals surface area (Å²) in [4.78, 5) is 0. The van der Waals surface area contributed by atoms with E-state index in [1.807, 2.05) is 18.2 Å². The highest BCUT2D eigenvalue weighted by Crippen LogP contribution is 2.28. The van der Waals surface area contributed by atoms with E-state index >= 15 is 0 Å². The highest BCUT2D eigenvalue weighted by molar-refractivity contribution is 5.42. The highest BCUT2D eigenvalue weighted by atomic mass is 16.5. The third-order valence-electron chi connectivity index (χ3n) is 2.62. The number of ether oxygens (including phenoxy) is 2. The Bertz CT molecular complexity index is 342. The summed E-state index contributed by atoms with van der Waals surface area (Å²) in [6, 6.07) is 5.95. The van der Waals surface area contributed by atoms with Crippen LogP contribution in [0.3, 0.4) is 0 Å². The maximum atomic E-state index is 8.72. The van der Waals surface area contributed by atoms with E-state index in [4.69, 9.17) is 14.6 Å². The van der Waals surface area contributed by atoms with Gasteiger partial charge in [-0.1, -0.05) is 13.0 Å². The van der Waals surface area contributed by atoms with Gasteiger partial charge in [-0.15, -0.1) is 0 Å². The molecule has 0 bridgehead atoms. The Hall–Kier alpha value is -1.26. The van der Waals surface area contributed by atoms with Crippen molar-refractivity contribution < 1.29 is 14.6 Å². The Kier molecular flexibility index (Phi) is 7.22. The SMILES string of the molecule is CCNCc1ccc(OC)c(OCCCCO)c1. The van der Waals surface area contributed by atoms with Gasteiger partial charge in [0.1, 0.15) is 0 Å². The van der Waals surface area contributed by atoms with Crippen LogP contribution in [0.1, 0.15) is 25.3 Å². The number of unbranched alkanes of at least 4 members (excludes halogenated alkanes) is 1. The average molecular weight is 253 g/mol. The number of hydrogen-bond donors (Lipinski definition) is 2. The van der Waals surface area contributed by atoms with Crippen molar-refractivity contribution in [1.82, 2.24) is 5.32 Å². The fraction of sp³-hybridized carbons (Fsp3) is 0.571. The molecule has 0 fully saturated rings. The van der Waals surface area contributed by atoms with E-state index in [1.54, 1.807) is 7.11 Å². The standard InChI is InChI=1S/C14H23NO3/c1-3-15-11-12-6-7-13(17-2)14(10-12)18-9-5-4-8-16/h6-7,10,15-16H,3-5,8-9,11H2,1-2H3. The lowest BCUT2D eigenvalue weighted by Crippen LogP contribution is -2.12. The second-order valence-electron chi connectivity index (χ2n) is 4.04. The van der Waals surface area contributed by atoms with Gasteiger partial charge in [0.25, 0.3) is 0 Å². The summed E-state index contributed by atoms with van der Waals surface area (Å²) in [5, 5.41) is 12.0. The fourth-order valence-corrected chi connectivity index (χ4v) is 1.61. The summed E-state index contributed by atoms with van der Waals surface area (Å²) in [5.74, 6) is 1.52. The molecular formula is C14H23NO3. The number of methoxy groups -OCH3 is 1. The Morgan fingerprint density at radius 2 is 2.06 bits per heavy atom. The lowest BCUT2D eigenvalue weighted by atomic mass is 10.2. The zero-order valence-electron chi connectivity index (χ0n) is 11.2. The molecule has 0 unspecified atom stereocenters. The van der Waals surface area contributed by atoms with Gasteiger partial charge in [0.2, 0.25) is 0 Å². The first-order valence-electron chi connectivity index (χ1n) is 6.43. The number of rotatable bonds is 9. The number of aliphatic hydroxyl groups is 1. The Labute approximate surface area is 109 Å². The normalized spacial score (nSPS) is 10.4. The topological polar surface area (TPSA) is 50.7 Å². The van der Waals surface area contributed by atoms with Crippen LogP contribution < -0.4 is 14.8 Å². The fourth-order valence-electron chi connectivity index (χ4n) is 1.61. The Morgan fingerprint density at radius 3 is 2.72 bits per heavy atom. The third kappa shape index (κ3) is 4.94. The van der Waals surface area contributed by atoms with Gasteiger partial charge in [-0.05, 0) is 37.1 Å². The van der Waals surface area contributed by atoms with Gasteiger partial charge in [-0.25, -0.2) is 0 Å². The predicted molar refractivity (Wildman–Crippen MR) is 72.2 cm³/mol. The second-order valence-corrected chi connectivity index (χ2v) is 4.04. The van der Waals surface area contributed by atoms with Crippen LogP contribution in [0.4, 0.5) is 0 Å². The van der Waals surface area contributed by atoms with Gasteiger partial charge in [0.05, 0.1) is 13.7 Å². The van der Waals surface area contributed by atoms with Crippen LogP contribution in [-0.2, 0) is 6.54 Å². The first-order chi connectivity index (χ1) is 8.81. The molecule has 0 amide bonds. The van der Waals surface area contributed by atoms with Crippen molar-refractivity contribution in [2.75, 3.05) is 26.9 Å². The van der Waals surface area contributed by atoms with Gasteiger partial charge in [0.15, 0.2) is 11.5 Å². The first-order valence-corrected chi connectivity index (χ1v) is 6.43. The molecule has 0 saturated heterocycles. The van der Waals surface area contributed by atoms with Gasteiger partial charge in [0, 0.05) is 13.2 Å². The highest BCUT2D eigenvalue weighted by Gasteiger charge is 2.05. The van der Waals surface area contributed by atoms with Crippen molar-refractivity contribution in [2.24, 2.45) is 0 Å². The lowest BCUT2D eigenvalue weighted by Gasteiger charge is -2.12. The number of hydrogen-bond acceptors (Lipinski definition) is 4. The smallest absolute Gasteiger partial charge is 0.161 e. The lowest BCUT2D eigenvalue weighted by molar-refractivity contribution is 0.247. The number of benzene rings is 1. The summed E-state index contributed by atoms with van der Waals surface area (Å²) >= 11 is 0. The van der Waals surface area contributed by atoms with Crippen molar-refractivity contribution in [1.29, 1.82) is 0 Å². The summed E-state index contributed by atoms with van der Waals surface area (Å²) in [6.45, 7) is 4.66. The molecule has 0 aliphatic rings. The summed E-state index contributed by atoms with van der Waals surface area (Å²) in [5.41, 5.74) is 1.18. The zero-order chi connectivity index (χ0) is 13.2. The van der Waals surface area contributed by atoms with Crippen LogP contribution in [0.5, 0.6) is 11.5 Å². The molecule has 0 aliphatic carbocycles. The molecule has 0 atom stereocenters. The van der Waals surface area contributed by atoms with Gasteiger partial charge in [-0.2, -0.15) is 0 Å². The number of aliphatic hydroxyl groups excluding tert-OH is 1. The predicted octanol–water partition coefficient (Wildman–Crippen LogP) is 1.96. The van der Waals surface area contributed by atoms with E-state index in [2.05, 4.69) is 12.2 Å². The van der Waals surface area contributed by atoms with Crippen molar-refractivity contribution >= 4 is 0 Å². The van der Waals surface area contributed by atoms with Crippen LogP contribution >= 0.6 is 0 Å². The second kappa shape index (κ2) is 8.78. The minimum absolute atomic E-state index is 0.209. The molecule has 4 heteroatoms. The minimum Gasteiger partial charge on any atom is -0.493 e. The molecule has 0 aliphatic heterocycles. The largest absolute Gasteiger partial charge is 0.493 e. The van der Waals surface area contributed by atoms with Crippen LogP contribution in [0.25, 0.3) is 0 Å². The molecule has 18 heavy (non-hydrogen) atoms. The Balaban J connectivity index is 2.60. The molecule has 0 saturated carbocycles. The summed E-state index contributed by atoms with van der Waals surface area (Å²) in [6.07, 6.45) is 1.61. The molecule has 1 aromatic rings. The van der Waals surface area contributed by atoms with Crippen molar-refractivity contribution in [3.8, 4) is 11.5 Å². The van der Waals surface area contributed by atoms with Crippen LogP contribution in [0.15, 0.2) is 18.2 Å². The maximum absolute atomic E-state index is 8.72. The van der Waals surface area contributed by atoms with E-state index in [-0.39, 0.29) is 6.61 Å². The third-order valence-corrected chi connectivity index (χ3v) is 2.62. The molecular weight excluding hydrogens is 230 g/mol. The van der Waals surface area contributed by atoms with E-state index in [1.165, 1.54) is 5.56 Å². The quantitative estimate of drug-likeness (QED) is 0.661. The molecule has 0 heterocycles. The monoisotopic (exact) mass is 253 g/mol. The molecule has 4 nitrogen and oxygen atoms in total. The van der Waals surface area contributed by atoms with E-state index in [0.717, 1.165) is 37.4 Å². The average Bonchev–Trinajstić information content (AvgIpc) is 2.41. The molecule has 1 rings (SSSR count). The van der Waals surface area contributed by atoms with Crippen molar-refractivity contribution in [3.63, 3.8) is 0 Å². The summed E-state index contributed by atoms with van der Waals surface area (Å²) < 4.78 is 11.0. The van der Waals surface area contributed by atoms with E-state index in [9.17, 15) is 0 Å². The Morgan fingerprint density at radius 1 is 1.22 bits per heavy atom. The van der Waals surface area contributed by atoms with Gasteiger partial charge < -0.3 is 19.9 Å². The maximum Gasteiger partial charge on any atom is 0.161 e. The van der Waals surface area contributed by atoms with Gasteiger partial charge >= 0.3 is 0 Å². The molecule has 0 radical (unpaired) electrons. The molecule has 0 aromatic heterocycles.